The van der Waals surface area contributed by atoms with E-state index in [1.165, 1.54) is 6.92 Å². The highest BCUT2D eigenvalue weighted by Gasteiger charge is 2.45. The van der Waals surface area contributed by atoms with Gasteiger partial charge in [0.1, 0.15) is 11.5 Å². The van der Waals surface area contributed by atoms with Crippen LogP contribution in [0.25, 0.3) is 0 Å². The van der Waals surface area contributed by atoms with Gasteiger partial charge >= 0.3 is 0 Å². The van der Waals surface area contributed by atoms with Gasteiger partial charge in [-0.05, 0) is 56.4 Å². The molecule has 1 aromatic rings. The van der Waals surface area contributed by atoms with Gasteiger partial charge in [0, 0.05) is 17.4 Å². The number of aryl methyl sites for hydroxylation is 1. The molecule has 0 saturated carbocycles. The first-order valence-electron chi connectivity index (χ1n) is 7.21. The summed E-state index contributed by atoms with van der Waals surface area (Å²) in [6.07, 6.45) is 1.40. The number of rotatable bonds is 6. The molecule has 1 aliphatic carbocycles. The average molecular weight is 292 g/mol. The Morgan fingerprint density at radius 1 is 1.38 bits per heavy atom. The summed E-state index contributed by atoms with van der Waals surface area (Å²) < 4.78 is 18.3. The summed E-state index contributed by atoms with van der Waals surface area (Å²) >= 11 is 0. The third-order valence-electron chi connectivity index (χ3n) is 4.40. The van der Waals surface area contributed by atoms with Crippen molar-refractivity contribution in [3.05, 3.63) is 28.8 Å². The van der Waals surface area contributed by atoms with Crippen LogP contribution in [0, 0.1) is 12.3 Å². The van der Waals surface area contributed by atoms with Crippen LogP contribution in [0.5, 0.6) is 5.75 Å². The minimum Gasteiger partial charge on any atom is -0.496 e. The molecule has 0 heterocycles. The van der Waals surface area contributed by atoms with Crippen molar-refractivity contribution >= 4 is 11.6 Å². The zero-order valence-corrected chi connectivity index (χ0v) is 12.8. The maximum Gasteiger partial charge on any atom is 0.169 e. The lowest BCUT2D eigenvalue weighted by atomic mass is 9.76. The molecule has 114 valence electrons. The van der Waals surface area contributed by atoms with Gasteiger partial charge in [-0.1, -0.05) is 0 Å². The van der Waals surface area contributed by atoms with Gasteiger partial charge < -0.3 is 9.53 Å². The van der Waals surface area contributed by atoms with Gasteiger partial charge in [-0.15, -0.1) is 0 Å². The first-order valence-corrected chi connectivity index (χ1v) is 7.21. The quantitative estimate of drug-likeness (QED) is 0.806. The van der Waals surface area contributed by atoms with Gasteiger partial charge in [0.05, 0.1) is 13.8 Å². The highest BCUT2D eigenvalue weighted by atomic mass is 19.1. The second-order valence-corrected chi connectivity index (χ2v) is 5.91. The molecule has 0 aromatic heterocycles. The van der Waals surface area contributed by atoms with Crippen molar-refractivity contribution in [1.29, 1.82) is 0 Å². The van der Waals surface area contributed by atoms with Crippen molar-refractivity contribution in [3.8, 4) is 5.75 Å². The normalized spacial score (nSPS) is 20.5. The molecule has 0 radical (unpaired) electrons. The fraction of sp³-hybridized carbons (Fsp3) is 0.529. The molecule has 1 aromatic carbocycles. The maximum absolute atomic E-state index is 13.0. The van der Waals surface area contributed by atoms with Gasteiger partial charge in [0.2, 0.25) is 0 Å². The van der Waals surface area contributed by atoms with E-state index in [1.54, 1.807) is 7.11 Å². The van der Waals surface area contributed by atoms with Crippen LogP contribution in [0.1, 0.15) is 47.7 Å². The van der Waals surface area contributed by atoms with Crippen LogP contribution in [0.2, 0.25) is 0 Å². The van der Waals surface area contributed by atoms with E-state index in [-0.39, 0.29) is 18.0 Å². The van der Waals surface area contributed by atoms with Crippen LogP contribution >= 0.6 is 0 Å². The van der Waals surface area contributed by atoms with E-state index in [9.17, 15) is 14.0 Å². The number of methoxy groups -OCH3 is 1. The molecule has 0 N–H and O–H groups in total. The number of benzene rings is 1. The van der Waals surface area contributed by atoms with Crippen LogP contribution in [0.4, 0.5) is 4.39 Å². The number of Topliss-reactive ketones (excluding diaryl/α,β-unsaturated/α-hetero) is 2. The molecule has 1 aliphatic rings. The SMILES string of the molecule is COc1cc2c(cc1C)C(=O)C(CCF)(CCC(C)=O)C2. The molecule has 0 amide bonds. The fourth-order valence-electron chi connectivity index (χ4n) is 3.16. The molecule has 0 saturated heterocycles. The number of carbonyl (C=O) groups is 2. The second-order valence-electron chi connectivity index (χ2n) is 5.91. The number of alkyl halides is 1. The smallest absolute Gasteiger partial charge is 0.169 e. The van der Waals surface area contributed by atoms with Gasteiger partial charge in [-0.25, -0.2) is 0 Å². The zero-order valence-electron chi connectivity index (χ0n) is 12.8. The molecule has 0 bridgehead atoms. The molecule has 3 nitrogen and oxygen atoms in total. The Labute approximate surface area is 124 Å². The van der Waals surface area contributed by atoms with Gasteiger partial charge in [0.15, 0.2) is 5.78 Å². The molecule has 1 unspecified atom stereocenters. The average Bonchev–Trinajstić information content (AvgIpc) is 2.70. The number of carbonyl (C=O) groups excluding carboxylic acids is 2. The molecule has 21 heavy (non-hydrogen) atoms. The molecule has 0 fully saturated rings. The summed E-state index contributed by atoms with van der Waals surface area (Å²) in [5, 5.41) is 0. The topological polar surface area (TPSA) is 43.4 Å². The predicted molar refractivity (Wildman–Crippen MR) is 78.7 cm³/mol. The van der Waals surface area contributed by atoms with E-state index in [0.717, 1.165) is 16.9 Å². The summed E-state index contributed by atoms with van der Waals surface area (Å²) in [7, 11) is 1.59. The first-order chi connectivity index (χ1) is 9.93. The lowest BCUT2D eigenvalue weighted by Crippen LogP contribution is -2.29. The Morgan fingerprint density at radius 3 is 2.67 bits per heavy atom. The third kappa shape index (κ3) is 2.85. The monoisotopic (exact) mass is 292 g/mol. The van der Waals surface area contributed by atoms with Crippen LogP contribution in [0.3, 0.4) is 0 Å². The molecule has 4 heteroatoms. The lowest BCUT2D eigenvalue weighted by molar-refractivity contribution is -0.117. The Morgan fingerprint density at radius 2 is 2.10 bits per heavy atom. The minimum absolute atomic E-state index is 0.0258. The number of hydrogen-bond donors (Lipinski definition) is 0. The summed E-state index contributed by atoms with van der Waals surface area (Å²) in [5.41, 5.74) is 1.69. The Bertz CT molecular complexity index is 580. The molecular weight excluding hydrogens is 271 g/mol. The van der Waals surface area contributed by atoms with E-state index in [0.29, 0.717) is 24.8 Å². The van der Waals surface area contributed by atoms with Crippen molar-refractivity contribution < 1.29 is 18.7 Å². The fourth-order valence-corrected chi connectivity index (χ4v) is 3.16. The van der Waals surface area contributed by atoms with Gasteiger partial charge in [0.25, 0.3) is 0 Å². The third-order valence-corrected chi connectivity index (χ3v) is 4.40. The zero-order chi connectivity index (χ0) is 15.6. The Balaban J connectivity index is 2.38. The summed E-state index contributed by atoms with van der Waals surface area (Å²) in [6.45, 7) is 2.84. The number of ether oxygens (including phenoxy) is 1. The molecule has 2 rings (SSSR count). The highest BCUT2D eigenvalue weighted by Crippen LogP contribution is 2.45. The van der Waals surface area contributed by atoms with E-state index >= 15 is 0 Å². The Kier molecular flexibility index (Phi) is 4.45. The standard InChI is InChI=1S/C17H21FO3/c1-11-8-14-13(9-15(11)21-3)10-17(6-7-18,16(14)20)5-4-12(2)19/h8-9H,4-7,10H2,1-3H3. The van der Waals surface area contributed by atoms with Crippen molar-refractivity contribution in [2.45, 2.75) is 39.5 Å². The molecule has 0 spiro atoms. The highest BCUT2D eigenvalue weighted by molar-refractivity contribution is 6.05. The number of ketones is 2. The number of halogens is 1. The van der Waals surface area contributed by atoms with Crippen molar-refractivity contribution in [2.75, 3.05) is 13.8 Å². The second kappa shape index (κ2) is 5.96. The molecular formula is C17H21FO3. The van der Waals surface area contributed by atoms with Crippen LogP contribution in [0.15, 0.2) is 12.1 Å². The van der Waals surface area contributed by atoms with Crippen molar-refractivity contribution in [2.24, 2.45) is 5.41 Å². The lowest BCUT2D eigenvalue weighted by Gasteiger charge is -2.25. The largest absolute Gasteiger partial charge is 0.496 e. The maximum atomic E-state index is 13.0. The molecule has 0 aliphatic heterocycles. The summed E-state index contributed by atoms with van der Waals surface area (Å²) in [4.78, 5) is 24.0. The number of fused-ring (bicyclic) bond motifs is 1. The van der Waals surface area contributed by atoms with Gasteiger partial charge in [-0.2, -0.15) is 0 Å². The van der Waals surface area contributed by atoms with Crippen molar-refractivity contribution in [1.82, 2.24) is 0 Å². The summed E-state index contributed by atoms with van der Waals surface area (Å²) in [5.74, 6) is 0.747. The first kappa shape index (κ1) is 15.7. The van der Waals surface area contributed by atoms with E-state index in [2.05, 4.69) is 0 Å². The summed E-state index contributed by atoms with van der Waals surface area (Å²) in [6, 6.07) is 3.70. The van der Waals surface area contributed by atoms with E-state index in [1.807, 2.05) is 19.1 Å². The molecule has 1 atom stereocenters. The van der Waals surface area contributed by atoms with Crippen LogP contribution < -0.4 is 4.74 Å². The Hall–Kier alpha value is -1.71. The van der Waals surface area contributed by atoms with Crippen LogP contribution in [-0.2, 0) is 11.2 Å². The van der Waals surface area contributed by atoms with E-state index < -0.39 is 12.1 Å². The van der Waals surface area contributed by atoms with E-state index in [4.69, 9.17) is 4.74 Å². The number of hydrogen-bond acceptors (Lipinski definition) is 3. The van der Waals surface area contributed by atoms with Crippen molar-refractivity contribution in [3.63, 3.8) is 0 Å². The predicted octanol–water partition coefficient (Wildman–Crippen LogP) is 3.46. The van der Waals surface area contributed by atoms with Crippen LogP contribution in [-0.4, -0.2) is 25.4 Å². The van der Waals surface area contributed by atoms with Gasteiger partial charge in [-0.3, -0.25) is 9.18 Å². The minimum atomic E-state index is -0.762.